The second-order valence-electron chi connectivity index (χ2n) is 4.33. The van der Waals surface area contributed by atoms with Crippen LogP contribution in [0.5, 0.6) is 11.5 Å². The van der Waals surface area contributed by atoms with Crippen molar-refractivity contribution in [1.29, 1.82) is 0 Å². The predicted octanol–water partition coefficient (Wildman–Crippen LogP) is 1.87. The van der Waals surface area contributed by atoms with E-state index in [0.717, 1.165) is 34.3 Å². The van der Waals surface area contributed by atoms with Gasteiger partial charge in [-0.25, -0.2) is 4.98 Å². The van der Waals surface area contributed by atoms with Crippen LogP contribution < -0.4 is 15.2 Å². The normalized spacial score (nSPS) is 10.6. The third kappa shape index (κ3) is 2.42. The van der Waals surface area contributed by atoms with Gasteiger partial charge in [0.2, 0.25) is 0 Å². The molecule has 2 rings (SSSR count). The summed E-state index contributed by atoms with van der Waals surface area (Å²) < 4.78 is 12.6. The quantitative estimate of drug-likeness (QED) is 0.912. The SMILES string of the molecule is COc1cc(OC)cc(-c2nc(CN)n(C)c2C)c1. The lowest BCUT2D eigenvalue weighted by molar-refractivity contribution is 0.394. The molecule has 0 aliphatic heterocycles. The molecule has 0 saturated carbocycles. The van der Waals surface area contributed by atoms with Gasteiger partial charge in [-0.2, -0.15) is 0 Å². The van der Waals surface area contributed by atoms with E-state index < -0.39 is 0 Å². The third-order valence-corrected chi connectivity index (χ3v) is 3.28. The molecule has 5 nitrogen and oxygen atoms in total. The number of hydrogen-bond acceptors (Lipinski definition) is 4. The summed E-state index contributed by atoms with van der Waals surface area (Å²) in [6.45, 7) is 2.44. The number of nitrogens with two attached hydrogens (primary N) is 1. The van der Waals surface area contributed by atoms with Crippen LogP contribution in [0.4, 0.5) is 0 Å². The van der Waals surface area contributed by atoms with Gasteiger partial charge in [-0.1, -0.05) is 0 Å². The molecular formula is C14H19N3O2. The molecule has 2 aromatic rings. The average molecular weight is 261 g/mol. The van der Waals surface area contributed by atoms with Crippen molar-refractivity contribution in [3.63, 3.8) is 0 Å². The zero-order valence-electron chi connectivity index (χ0n) is 11.7. The monoisotopic (exact) mass is 261 g/mol. The molecule has 0 radical (unpaired) electrons. The van der Waals surface area contributed by atoms with Gasteiger partial charge in [0.1, 0.15) is 17.3 Å². The first kappa shape index (κ1) is 13.4. The third-order valence-electron chi connectivity index (χ3n) is 3.28. The smallest absolute Gasteiger partial charge is 0.123 e. The second kappa shape index (κ2) is 5.32. The number of benzene rings is 1. The number of imidazole rings is 1. The molecule has 0 unspecified atom stereocenters. The summed E-state index contributed by atoms with van der Waals surface area (Å²) in [4.78, 5) is 4.58. The number of nitrogens with zero attached hydrogens (tertiary/aromatic N) is 2. The van der Waals surface area contributed by atoms with Crippen LogP contribution in [-0.2, 0) is 13.6 Å². The standard InChI is InChI=1S/C14H19N3O2/c1-9-14(16-13(8-15)17(9)2)10-5-11(18-3)7-12(6-10)19-4/h5-7H,8,15H2,1-4H3. The molecule has 2 N–H and O–H groups in total. The minimum atomic E-state index is 0.415. The first-order chi connectivity index (χ1) is 9.10. The Kier molecular flexibility index (Phi) is 3.76. The molecule has 1 aromatic carbocycles. The summed E-state index contributed by atoms with van der Waals surface area (Å²) in [5.74, 6) is 2.34. The number of rotatable bonds is 4. The lowest BCUT2D eigenvalue weighted by Crippen LogP contribution is -2.05. The van der Waals surface area contributed by atoms with Crippen molar-refractivity contribution >= 4 is 0 Å². The first-order valence-corrected chi connectivity index (χ1v) is 6.06. The molecule has 0 bridgehead atoms. The number of aromatic nitrogens is 2. The zero-order valence-corrected chi connectivity index (χ0v) is 11.7. The van der Waals surface area contributed by atoms with Crippen LogP contribution in [0.25, 0.3) is 11.3 Å². The molecule has 0 atom stereocenters. The maximum atomic E-state index is 5.69. The fourth-order valence-corrected chi connectivity index (χ4v) is 2.04. The van der Waals surface area contributed by atoms with Crippen molar-refractivity contribution in [2.24, 2.45) is 12.8 Å². The van der Waals surface area contributed by atoms with E-state index in [1.165, 1.54) is 0 Å². The topological polar surface area (TPSA) is 62.3 Å². The van der Waals surface area contributed by atoms with E-state index in [1.807, 2.05) is 36.7 Å². The Hall–Kier alpha value is -2.01. The maximum absolute atomic E-state index is 5.69. The molecule has 19 heavy (non-hydrogen) atoms. The maximum Gasteiger partial charge on any atom is 0.123 e. The van der Waals surface area contributed by atoms with Gasteiger partial charge in [0.05, 0.1) is 26.5 Å². The van der Waals surface area contributed by atoms with Crippen LogP contribution in [0.3, 0.4) is 0 Å². The molecule has 102 valence electrons. The minimum absolute atomic E-state index is 0.415. The Morgan fingerprint density at radius 1 is 1.16 bits per heavy atom. The molecule has 5 heteroatoms. The Balaban J connectivity index is 2.57. The van der Waals surface area contributed by atoms with Gasteiger partial charge in [-0.3, -0.25) is 0 Å². The summed E-state index contributed by atoms with van der Waals surface area (Å²) in [6, 6.07) is 5.72. The Morgan fingerprint density at radius 3 is 2.16 bits per heavy atom. The van der Waals surface area contributed by atoms with Crippen LogP contribution in [0, 0.1) is 6.92 Å². The van der Waals surface area contributed by atoms with E-state index in [2.05, 4.69) is 4.98 Å². The van der Waals surface area contributed by atoms with E-state index in [0.29, 0.717) is 6.54 Å². The van der Waals surface area contributed by atoms with Crippen molar-refractivity contribution in [2.75, 3.05) is 14.2 Å². The minimum Gasteiger partial charge on any atom is -0.497 e. The number of ether oxygens (including phenoxy) is 2. The fourth-order valence-electron chi connectivity index (χ4n) is 2.04. The lowest BCUT2D eigenvalue weighted by atomic mass is 10.1. The van der Waals surface area contributed by atoms with Gasteiger partial charge in [0.25, 0.3) is 0 Å². The van der Waals surface area contributed by atoms with Crippen molar-refractivity contribution in [1.82, 2.24) is 9.55 Å². The molecule has 1 aromatic heterocycles. The molecule has 0 aliphatic rings. The van der Waals surface area contributed by atoms with Gasteiger partial charge in [0.15, 0.2) is 0 Å². The first-order valence-electron chi connectivity index (χ1n) is 6.06. The highest BCUT2D eigenvalue weighted by molar-refractivity contribution is 5.66. The molecule has 0 amide bonds. The van der Waals surface area contributed by atoms with Crippen LogP contribution in [0.1, 0.15) is 11.5 Å². The van der Waals surface area contributed by atoms with Crippen LogP contribution >= 0.6 is 0 Å². The Labute approximate surface area is 113 Å². The number of hydrogen-bond donors (Lipinski definition) is 1. The van der Waals surface area contributed by atoms with Crippen LogP contribution in [0.15, 0.2) is 18.2 Å². The van der Waals surface area contributed by atoms with Crippen molar-refractivity contribution < 1.29 is 9.47 Å². The largest absolute Gasteiger partial charge is 0.497 e. The highest BCUT2D eigenvalue weighted by atomic mass is 16.5. The predicted molar refractivity (Wildman–Crippen MR) is 74.4 cm³/mol. The van der Waals surface area contributed by atoms with E-state index in [-0.39, 0.29) is 0 Å². The second-order valence-corrected chi connectivity index (χ2v) is 4.33. The van der Waals surface area contributed by atoms with Gasteiger partial charge in [-0.05, 0) is 19.1 Å². The highest BCUT2D eigenvalue weighted by Gasteiger charge is 2.13. The lowest BCUT2D eigenvalue weighted by Gasteiger charge is -2.07. The average Bonchev–Trinajstić information content (AvgIpc) is 2.74. The Bertz CT molecular complexity index is 568. The molecule has 0 saturated heterocycles. The van der Waals surface area contributed by atoms with E-state index >= 15 is 0 Å². The van der Waals surface area contributed by atoms with Gasteiger partial charge >= 0.3 is 0 Å². The van der Waals surface area contributed by atoms with E-state index in [1.54, 1.807) is 14.2 Å². The van der Waals surface area contributed by atoms with Gasteiger partial charge < -0.3 is 19.8 Å². The molecule has 0 spiro atoms. The molecular weight excluding hydrogens is 242 g/mol. The van der Waals surface area contributed by atoms with Gasteiger partial charge in [0, 0.05) is 24.4 Å². The summed E-state index contributed by atoms with van der Waals surface area (Å²) >= 11 is 0. The van der Waals surface area contributed by atoms with E-state index in [9.17, 15) is 0 Å². The Morgan fingerprint density at radius 2 is 1.74 bits per heavy atom. The zero-order chi connectivity index (χ0) is 14.0. The summed E-state index contributed by atoms with van der Waals surface area (Å²) in [5.41, 5.74) is 8.62. The molecule has 0 fully saturated rings. The summed E-state index contributed by atoms with van der Waals surface area (Å²) in [5, 5.41) is 0. The molecule has 0 aliphatic carbocycles. The van der Waals surface area contributed by atoms with Crippen LogP contribution in [0.2, 0.25) is 0 Å². The van der Waals surface area contributed by atoms with Crippen LogP contribution in [-0.4, -0.2) is 23.8 Å². The number of methoxy groups -OCH3 is 2. The highest BCUT2D eigenvalue weighted by Crippen LogP contribution is 2.31. The van der Waals surface area contributed by atoms with Crippen molar-refractivity contribution in [3.8, 4) is 22.8 Å². The molecule has 1 heterocycles. The van der Waals surface area contributed by atoms with Gasteiger partial charge in [-0.15, -0.1) is 0 Å². The summed E-state index contributed by atoms with van der Waals surface area (Å²) in [6.07, 6.45) is 0. The van der Waals surface area contributed by atoms with Crippen molar-refractivity contribution in [3.05, 3.63) is 29.7 Å². The van der Waals surface area contributed by atoms with Crippen molar-refractivity contribution in [2.45, 2.75) is 13.5 Å². The summed E-state index contributed by atoms with van der Waals surface area (Å²) in [7, 11) is 5.23. The van der Waals surface area contributed by atoms with E-state index in [4.69, 9.17) is 15.2 Å². The fraction of sp³-hybridized carbons (Fsp3) is 0.357.